The van der Waals surface area contributed by atoms with Gasteiger partial charge in [0.1, 0.15) is 11.6 Å². The van der Waals surface area contributed by atoms with Crippen LogP contribution in [0.15, 0.2) is 48.5 Å². The predicted molar refractivity (Wildman–Crippen MR) is 87.6 cm³/mol. The second-order valence-electron chi connectivity index (χ2n) is 5.16. The van der Waals surface area contributed by atoms with Crippen LogP contribution in [-0.2, 0) is 0 Å². The van der Waals surface area contributed by atoms with E-state index in [0.717, 1.165) is 0 Å². The van der Waals surface area contributed by atoms with Crippen molar-refractivity contribution in [3.05, 3.63) is 65.5 Å². The summed E-state index contributed by atoms with van der Waals surface area (Å²) in [7, 11) is 1.41. The molecule has 3 rings (SSSR count). The monoisotopic (exact) mass is 321 g/mol. The lowest BCUT2D eigenvalue weighted by molar-refractivity contribution is 0.0697. The molecule has 0 fully saturated rings. The van der Waals surface area contributed by atoms with Crippen LogP contribution in [0.3, 0.4) is 0 Å². The molecular formula is C19H12FNO3. The Labute approximate surface area is 137 Å². The number of nitrogens with zero attached hydrogens (tertiary/aromatic N) is 1. The van der Waals surface area contributed by atoms with Gasteiger partial charge in [-0.3, -0.25) is 0 Å². The van der Waals surface area contributed by atoms with Crippen molar-refractivity contribution in [2.75, 3.05) is 7.11 Å². The van der Waals surface area contributed by atoms with Crippen molar-refractivity contribution in [3.8, 4) is 22.9 Å². The lowest BCUT2D eigenvalue weighted by Gasteiger charge is -2.14. The van der Waals surface area contributed by atoms with Gasteiger partial charge < -0.3 is 9.84 Å². The third-order valence-corrected chi connectivity index (χ3v) is 3.83. The Hall–Kier alpha value is -3.39. The molecule has 4 nitrogen and oxygen atoms in total. The Morgan fingerprint density at radius 1 is 1.17 bits per heavy atom. The Morgan fingerprint density at radius 2 is 1.92 bits per heavy atom. The van der Waals surface area contributed by atoms with Crippen LogP contribution in [0.5, 0.6) is 5.75 Å². The molecule has 0 bridgehead atoms. The number of aromatic carboxylic acids is 1. The van der Waals surface area contributed by atoms with Gasteiger partial charge in [-0.15, -0.1) is 0 Å². The molecule has 0 amide bonds. The van der Waals surface area contributed by atoms with Crippen LogP contribution in [0.25, 0.3) is 21.9 Å². The molecule has 118 valence electrons. The quantitative estimate of drug-likeness (QED) is 0.784. The molecule has 24 heavy (non-hydrogen) atoms. The number of fused-ring (bicyclic) bond motifs is 1. The average molecular weight is 321 g/mol. The van der Waals surface area contributed by atoms with Gasteiger partial charge in [0.05, 0.1) is 29.9 Å². The van der Waals surface area contributed by atoms with Crippen LogP contribution in [0.1, 0.15) is 15.9 Å². The van der Waals surface area contributed by atoms with E-state index in [1.165, 1.54) is 31.4 Å². The summed E-state index contributed by atoms with van der Waals surface area (Å²) in [5.74, 6) is -1.36. The largest absolute Gasteiger partial charge is 0.496 e. The summed E-state index contributed by atoms with van der Waals surface area (Å²) in [6, 6.07) is 14.3. The van der Waals surface area contributed by atoms with Gasteiger partial charge in [0.15, 0.2) is 0 Å². The summed E-state index contributed by atoms with van der Waals surface area (Å²) in [5, 5.41) is 19.9. The second-order valence-corrected chi connectivity index (χ2v) is 5.16. The van der Waals surface area contributed by atoms with E-state index in [4.69, 9.17) is 4.74 Å². The van der Waals surface area contributed by atoms with Gasteiger partial charge in [0.25, 0.3) is 0 Å². The van der Waals surface area contributed by atoms with Crippen molar-refractivity contribution in [2.24, 2.45) is 0 Å². The first-order valence-electron chi connectivity index (χ1n) is 7.10. The molecule has 0 heterocycles. The number of benzene rings is 3. The van der Waals surface area contributed by atoms with E-state index in [-0.39, 0.29) is 22.4 Å². The summed E-state index contributed by atoms with van der Waals surface area (Å²) in [6.45, 7) is 0. The van der Waals surface area contributed by atoms with Crippen LogP contribution < -0.4 is 4.74 Å². The van der Waals surface area contributed by atoms with Gasteiger partial charge >= 0.3 is 5.97 Å². The number of hydrogen-bond donors (Lipinski definition) is 1. The molecule has 0 aliphatic carbocycles. The van der Waals surface area contributed by atoms with E-state index in [0.29, 0.717) is 16.3 Å². The fourth-order valence-electron chi connectivity index (χ4n) is 2.73. The molecule has 0 aliphatic rings. The molecule has 0 unspecified atom stereocenters. The van der Waals surface area contributed by atoms with Crippen LogP contribution in [-0.4, -0.2) is 18.2 Å². The van der Waals surface area contributed by atoms with E-state index in [2.05, 4.69) is 0 Å². The number of hydrogen-bond acceptors (Lipinski definition) is 3. The van der Waals surface area contributed by atoms with Gasteiger partial charge in [-0.05, 0) is 41.1 Å². The van der Waals surface area contributed by atoms with Crippen molar-refractivity contribution in [2.45, 2.75) is 0 Å². The lowest BCUT2D eigenvalue weighted by atomic mass is 9.92. The molecule has 0 radical (unpaired) electrons. The molecule has 5 heteroatoms. The van der Waals surface area contributed by atoms with E-state index >= 15 is 0 Å². The number of methoxy groups -OCH3 is 1. The van der Waals surface area contributed by atoms with Gasteiger partial charge in [0, 0.05) is 5.56 Å². The molecule has 0 atom stereocenters. The molecule has 0 aliphatic heterocycles. The maximum Gasteiger partial charge on any atom is 0.335 e. The maximum atomic E-state index is 14.5. The minimum Gasteiger partial charge on any atom is -0.496 e. The summed E-state index contributed by atoms with van der Waals surface area (Å²) in [5.41, 5.74) is 0.778. The Kier molecular flexibility index (Phi) is 3.88. The van der Waals surface area contributed by atoms with Crippen molar-refractivity contribution in [3.63, 3.8) is 0 Å². The SMILES string of the molecule is COc1cccc(F)c1-c1c(C#N)ccc2ccc(C(=O)O)cc12. The normalized spacial score (nSPS) is 10.4. The van der Waals surface area contributed by atoms with Gasteiger partial charge in [-0.1, -0.05) is 18.2 Å². The summed E-state index contributed by atoms with van der Waals surface area (Å²) in [6.07, 6.45) is 0. The van der Waals surface area contributed by atoms with Crippen LogP contribution in [0, 0.1) is 17.1 Å². The third kappa shape index (κ3) is 2.44. The Balaban J connectivity index is 2.48. The predicted octanol–water partition coefficient (Wildman–Crippen LogP) is 4.22. The number of carboxylic acids is 1. The van der Waals surface area contributed by atoms with Crippen LogP contribution >= 0.6 is 0 Å². The molecule has 0 spiro atoms. The molecule has 0 aromatic heterocycles. The summed E-state index contributed by atoms with van der Waals surface area (Å²) >= 11 is 0. The highest BCUT2D eigenvalue weighted by atomic mass is 19.1. The first kappa shape index (κ1) is 15.5. The highest BCUT2D eigenvalue weighted by Gasteiger charge is 2.19. The van der Waals surface area contributed by atoms with Gasteiger partial charge in [-0.2, -0.15) is 5.26 Å². The zero-order chi connectivity index (χ0) is 17.3. The smallest absolute Gasteiger partial charge is 0.335 e. The second kappa shape index (κ2) is 6.01. The number of carboxylic acid groups (broad SMARTS) is 1. The molecule has 3 aromatic rings. The number of halogens is 1. The van der Waals surface area contributed by atoms with Crippen molar-refractivity contribution in [1.29, 1.82) is 5.26 Å². The summed E-state index contributed by atoms with van der Waals surface area (Å²) < 4.78 is 19.8. The minimum absolute atomic E-state index is 0.0640. The fraction of sp³-hybridized carbons (Fsp3) is 0.0526. The van der Waals surface area contributed by atoms with Crippen LogP contribution in [0.4, 0.5) is 4.39 Å². The summed E-state index contributed by atoms with van der Waals surface area (Å²) in [4.78, 5) is 11.3. The molecule has 1 N–H and O–H groups in total. The van der Waals surface area contributed by atoms with Crippen molar-refractivity contribution >= 4 is 16.7 Å². The van der Waals surface area contributed by atoms with Crippen molar-refractivity contribution in [1.82, 2.24) is 0 Å². The molecule has 3 aromatic carbocycles. The van der Waals surface area contributed by atoms with Gasteiger partial charge in [0.2, 0.25) is 0 Å². The first-order chi connectivity index (χ1) is 11.6. The highest BCUT2D eigenvalue weighted by molar-refractivity contribution is 6.04. The standard InChI is InChI=1S/C19H12FNO3/c1-24-16-4-2-3-15(20)18(16)17-13(10-21)8-6-11-5-7-12(19(22)23)9-14(11)17/h2-9H,1H3,(H,22,23). The Bertz CT molecular complexity index is 1010. The zero-order valence-electron chi connectivity index (χ0n) is 12.7. The topological polar surface area (TPSA) is 70.3 Å². The lowest BCUT2D eigenvalue weighted by Crippen LogP contribution is -1.98. The number of ether oxygens (including phenoxy) is 1. The third-order valence-electron chi connectivity index (χ3n) is 3.83. The molecular weight excluding hydrogens is 309 g/mol. The maximum absolute atomic E-state index is 14.5. The van der Waals surface area contributed by atoms with E-state index in [1.807, 2.05) is 6.07 Å². The number of carbonyl (C=O) groups is 1. The first-order valence-corrected chi connectivity index (χ1v) is 7.10. The molecule has 0 saturated carbocycles. The average Bonchev–Trinajstić information content (AvgIpc) is 2.60. The number of rotatable bonds is 3. The van der Waals surface area contributed by atoms with E-state index in [1.54, 1.807) is 24.3 Å². The Morgan fingerprint density at radius 3 is 2.58 bits per heavy atom. The number of nitriles is 1. The zero-order valence-corrected chi connectivity index (χ0v) is 12.7. The minimum atomic E-state index is -1.09. The molecule has 0 saturated heterocycles. The van der Waals surface area contributed by atoms with Crippen LogP contribution in [0.2, 0.25) is 0 Å². The van der Waals surface area contributed by atoms with E-state index < -0.39 is 11.8 Å². The highest BCUT2D eigenvalue weighted by Crippen LogP contribution is 2.39. The van der Waals surface area contributed by atoms with Gasteiger partial charge in [-0.25, -0.2) is 9.18 Å². The van der Waals surface area contributed by atoms with Crippen molar-refractivity contribution < 1.29 is 19.0 Å². The fourth-order valence-corrected chi connectivity index (χ4v) is 2.73. The van der Waals surface area contributed by atoms with E-state index in [9.17, 15) is 19.6 Å².